The molecule has 2 aromatic carbocycles. The Balaban J connectivity index is 1.75. The molecule has 0 unspecified atom stereocenters. The summed E-state index contributed by atoms with van der Waals surface area (Å²) in [7, 11) is 0. The molecule has 122 valence electrons. The number of carbonyl (C=O) groups is 1. The smallest absolute Gasteiger partial charge is 0.258 e. The zero-order chi connectivity index (χ0) is 16.8. The third kappa shape index (κ3) is 3.70. The molecule has 0 atom stereocenters. The quantitative estimate of drug-likeness (QED) is 0.754. The number of rotatable bonds is 6. The van der Waals surface area contributed by atoms with Crippen LogP contribution < -0.4 is 5.32 Å². The van der Waals surface area contributed by atoms with E-state index in [9.17, 15) is 4.79 Å². The molecule has 1 heterocycles. The highest BCUT2D eigenvalue weighted by molar-refractivity contribution is 6.04. The first-order chi connectivity index (χ1) is 11.8. The molecule has 5 nitrogen and oxygen atoms in total. The van der Waals surface area contributed by atoms with Gasteiger partial charge < -0.3 is 10.1 Å². The van der Waals surface area contributed by atoms with Crippen molar-refractivity contribution in [1.82, 2.24) is 9.78 Å². The van der Waals surface area contributed by atoms with Gasteiger partial charge in [-0.3, -0.25) is 4.79 Å². The van der Waals surface area contributed by atoms with Crippen molar-refractivity contribution < 1.29 is 9.53 Å². The number of nitrogens with one attached hydrogen (secondary N) is 1. The van der Waals surface area contributed by atoms with Crippen molar-refractivity contribution in [1.29, 1.82) is 0 Å². The van der Waals surface area contributed by atoms with Crippen LogP contribution in [0.25, 0.3) is 5.69 Å². The molecule has 24 heavy (non-hydrogen) atoms. The molecular weight excluding hydrogens is 302 g/mol. The maximum Gasteiger partial charge on any atom is 0.258 e. The van der Waals surface area contributed by atoms with E-state index in [1.807, 2.05) is 61.5 Å². The number of hydrogen-bond donors (Lipinski definition) is 1. The number of carbonyl (C=O) groups excluding carboxylic acids is 1. The lowest BCUT2D eigenvalue weighted by atomic mass is 10.2. The average Bonchev–Trinajstić information content (AvgIpc) is 3.12. The van der Waals surface area contributed by atoms with Crippen molar-refractivity contribution in [3.63, 3.8) is 0 Å². The number of hydrogen-bond acceptors (Lipinski definition) is 3. The molecule has 1 N–H and O–H groups in total. The molecule has 0 spiro atoms. The van der Waals surface area contributed by atoms with E-state index in [2.05, 4.69) is 10.4 Å². The predicted octanol–water partition coefficient (Wildman–Crippen LogP) is 3.66. The second kappa shape index (κ2) is 7.57. The number of ether oxygens (including phenoxy) is 1. The Bertz CT molecular complexity index is 812. The Morgan fingerprint density at radius 3 is 2.67 bits per heavy atom. The van der Waals surface area contributed by atoms with E-state index in [4.69, 9.17) is 4.74 Å². The van der Waals surface area contributed by atoms with Crippen molar-refractivity contribution in [2.45, 2.75) is 13.5 Å². The Labute approximate surface area is 140 Å². The molecule has 0 bridgehead atoms. The standard InChI is InChI=1S/C19H19N3O2/c1-2-24-14-15-8-6-7-11-18(15)21-19(23)16-12-20-22(13-16)17-9-4-3-5-10-17/h3-13H,2,14H2,1H3,(H,21,23). The lowest BCUT2D eigenvalue weighted by Crippen LogP contribution is -2.13. The van der Waals surface area contributed by atoms with Crippen LogP contribution in [0.15, 0.2) is 67.0 Å². The van der Waals surface area contributed by atoms with Crippen LogP contribution in [-0.2, 0) is 11.3 Å². The van der Waals surface area contributed by atoms with Crippen LogP contribution in [0.5, 0.6) is 0 Å². The summed E-state index contributed by atoms with van der Waals surface area (Å²) < 4.78 is 7.12. The van der Waals surface area contributed by atoms with Crippen molar-refractivity contribution in [2.75, 3.05) is 11.9 Å². The SMILES string of the molecule is CCOCc1ccccc1NC(=O)c1cnn(-c2ccccc2)c1. The first-order valence-electron chi connectivity index (χ1n) is 7.85. The van der Waals surface area contributed by atoms with E-state index in [-0.39, 0.29) is 5.91 Å². The predicted molar refractivity (Wildman–Crippen MR) is 93.3 cm³/mol. The van der Waals surface area contributed by atoms with Crippen molar-refractivity contribution in [3.8, 4) is 5.69 Å². The molecule has 0 aliphatic heterocycles. The van der Waals surface area contributed by atoms with Crippen LogP contribution in [0, 0.1) is 0 Å². The first kappa shape index (κ1) is 16.0. The minimum Gasteiger partial charge on any atom is -0.377 e. The van der Waals surface area contributed by atoms with Gasteiger partial charge in [0, 0.05) is 24.1 Å². The third-order valence-electron chi connectivity index (χ3n) is 3.59. The lowest BCUT2D eigenvalue weighted by molar-refractivity contribution is 0.102. The highest BCUT2D eigenvalue weighted by Gasteiger charge is 2.11. The highest BCUT2D eigenvalue weighted by Crippen LogP contribution is 2.17. The van der Waals surface area contributed by atoms with Crippen LogP contribution in [0.3, 0.4) is 0 Å². The fourth-order valence-electron chi connectivity index (χ4n) is 2.34. The molecule has 1 amide bonds. The number of amides is 1. The van der Waals surface area contributed by atoms with Crippen molar-refractivity contribution >= 4 is 11.6 Å². The third-order valence-corrected chi connectivity index (χ3v) is 3.59. The molecule has 1 aromatic heterocycles. The second-order valence-electron chi connectivity index (χ2n) is 5.26. The molecule has 0 saturated carbocycles. The minimum absolute atomic E-state index is 0.193. The van der Waals surface area contributed by atoms with E-state index in [1.165, 1.54) is 0 Å². The molecular formula is C19H19N3O2. The number of para-hydroxylation sites is 2. The lowest BCUT2D eigenvalue weighted by Gasteiger charge is -2.10. The largest absolute Gasteiger partial charge is 0.377 e. The molecule has 5 heteroatoms. The zero-order valence-electron chi connectivity index (χ0n) is 13.5. The Kier molecular flexibility index (Phi) is 5.03. The minimum atomic E-state index is -0.193. The molecule has 0 saturated heterocycles. The van der Waals surface area contributed by atoms with Gasteiger partial charge in [0.1, 0.15) is 0 Å². The molecule has 0 aliphatic carbocycles. The summed E-state index contributed by atoms with van der Waals surface area (Å²) in [6.07, 6.45) is 3.28. The van der Waals surface area contributed by atoms with Gasteiger partial charge in [-0.1, -0.05) is 36.4 Å². The maximum absolute atomic E-state index is 12.5. The van der Waals surface area contributed by atoms with E-state index in [0.717, 1.165) is 16.9 Å². The summed E-state index contributed by atoms with van der Waals surface area (Å²) in [5.41, 5.74) is 3.12. The van der Waals surface area contributed by atoms with Gasteiger partial charge in [0.05, 0.1) is 24.1 Å². The van der Waals surface area contributed by atoms with Crippen molar-refractivity contribution in [2.24, 2.45) is 0 Å². The van der Waals surface area contributed by atoms with Gasteiger partial charge in [-0.2, -0.15) is 5.10 Å². The molecule has 0 aliphatic rings. The van der Waals surface area contributed by atoms with Crippen LogP contribution in [0.4, 0.5) is 5.69 Å². The normalized spacial score (nSPS) is 10.5. The van der Waals surface area contributed by atoms with Gasteiger partial charge in [0.25, 0.3) is 5.91 Å². The molecule has 3 rings (SSSR count). The van der Waals surface area contributed by atoms with Gasteiger partial charge >= 0.3 is 0 Å². The van der Waals surface area contributed by atoms with Crippen LogP contribution in [-0.4, -0.2) is 22.3 Å². The van der Waals surface area contributed by atoms with Gasteiger partial charge in [-0.25, -0.2) is 4.68 Å². The van der Waals surface area contributed by atoms with Crippen LogP contribution >= 0.6 is 0 Å². The van der Waals surface area contributed by atoms with E-state index in [0.29, 0.717) is 18.8 Å². The summed E-state index contributed by atoms with van der Waals surface area (Å²) in [4.78, 5) is 12.5. The summed E-state index contributed by atoms with van der Waals surface area (Å²) in [6.45, 7) is 3.04. The van der Waals surface area contributed by atoms with Crippen LogP contribution in [0.2, 0.25) is 0 Å². The summed E-state index contributed by atoms with van der Waals surface area (Å²) in [5, 5.41) is 7.18. The van der Waals surface area contributed by atoms with Crippen LogP contribution in [0.1, 0.15) is 22.8 Å². The number of nitrogens with zero attached hydrogens (tertiary/aromatic N) is 2. The summed E-state index contributed by atoms with van der Waals surface area (Å²) in [5.74, 6) is -0.193. The number of aromatic nitrogens is 2. The number of benzene rings is 2. The van der Waals surface area contributed by atoms with Crippen molar-refractivity contribution in [3.05, 3.63) is 78.1 Å². The Morgan fingerprint density at radius 1 is 1.12 bits per heavy atom. The fraction of sp³-hybridized carbons (Fsp3) is 0.158. The summed E-state index contributed by atoms with van der Waals surface area (Å²) in [6, 6.07) is 17.3. The zero-order valence-corrected chi connectivity index (χ0v) is 13.5. The molecule has 0 radical (unpaired) electrons. The van der Waals surface area contributed by atoms with E-state index >= 15 is 0 Å². The first-order valence-corrected chi connectivity index (χ1v) is 7.85. The fourth-order valence-corrected chi connectivity index (χ4v) is 2.34. The van der Waals surface area contributed by atoms with E-state index < -0.39 is 0 Å². The van der Waals surface area contributed by atoms with Gasteiger partial charge in [-0.15, -0.1) is 0 Å². The Morgan fingerprint density at radius 2 is 1.88 bits per heavy atom. The number of anilines is 1. The van der Waals surface area contributed by atoms with Gasteiger partial charge in [0.15, 0.2) is 0 Å². The Hall–Kier alpha value is -2.92. The maximum atomic E-state index is 12.5. The highest BCUT2D eigenvalue weighted by atomic mass is 16.5. The second-order valence-corrected chi connectivity index (χ2v) is 5.26. The monoisotopic (exact) mass is 321 g/mol. The molecule has 0 fully saturated rings. The topological polar surface area (TPSA) is 56.1 Å². The summed E-state index contributed by atoms with van der Waals surface area (Å²) >= 11 is 0. The van der Waals surface area contributed by atoms with Gasteiger partial charge in [0.2, 0.25) is 0 Å². The van der Waals surface area contributed by atoms with Gasteiger partial charge in [-0.05, 0) is 25.1 Å². The molecule has 3 aromatic rings. The average molecular weight is 321 g/mol. The van der Waals surface area contributed by atoms with E-state index in [1.54, 1.807) is 17.1 Å².